The summed E-state index contributed by atoms with van der Waals surface area (Å²) < 4.78 is 40.4. The highest BCUT2D eigenvalue weighted by atomic mass is 19.3. The van der Waals surface area contributed by atoms with Crippen LogP contribution in [-0.4, -0.2) is 58.6 Å². The average molecular weight is 442 g/mol. The van der Waals surface area contributed by atoms with Crippen LogP contribution in [0.5, 0.6) is 0 Å². The van der Waals surface area contributed by atoms with Crippen LogP contribution in [0.2, 0.25) is 0 Å². The van der Waals surface area contributed by atoms with E-state index in [4.69, 9.17) is 0 Å². The Kier molecular flexibility index (Phi) is 5.21. The fourth-order valence-corrected chi connectivity index (χ4v) is 4.87. The summed E-state index contributed by atoms with van der Waals surface area (Å²) in [7, 11) is 0. The molecule has 2 fully saturated rings. The fraction of sp³-hybridized carbons (Fsp3) is 0.348. The minimum absolute atomic E-state index is 0.0177. The predicted octanol–water partition coefficient (Wildman–Crippen LogP) is 2.88. The summed E-state index contributed by atoms with van der Waals surface area (Å²) in [6, 6.07) is 11.4. The van der Waals surface area contributed by atoms with E-state index in [1.54, 1.807) is 29.2 Å². The lowest BCUT2D eigenvalue weighted by Crippen LogP contribution is -2.35. The summed E-state index contributed by atoms with van der Waals surface area (Å²) in [6.45, 7) is -1.29. The number of hydrogen-bond donors (Lipinski definition) is 1. The van der Waals surface area contributed by atoms with E-state index in [2.05, 4.69) is 10.2 Å². The number of alkyl halides is 2. The monoisotopic (exact) mass is 442 g/mol. The Morgan fingerprint density at radius 3 is 2.44 bits per heavy atom. The molecule has 0 bridgehead atoms. The first-order chi connectivity index (χ1) is 15.4. The Balaban J connectivity index is 1.37. The van der Waals surface area contributed by atoms with Crippen molar-refractivity contribution in [2.45, 2.75) is 13.0 Å². The standard InChI is InChI=1S/C23H21F3N4O2/c24-19-6-5-13(8-20-16-3-1-2-4-17(16)21(31)28-27-20)7-18(19)22(32)29-9-14-11-30(23(25)26)12-15(14)10-29/h1-7,14-15,23H,8-12H2,(H,28,31). The number of benzene rings is 2. The molecule has 0 aliphatic carbocycles. The first-order valence-corrected chi connectivity index (χ1v) is 10.5. The minimum Gasteiger partial charge on any atom is -0.338 e. The average Bonchev–Trinajstić information content (AvgIpc) is 3.36. The molecule has 32 heavy (non-hydrogen) atoms. The molecule has 1 N–H and O–H groups in total. The number of aromatic nitrogens is 2. The highest BCUT2D eigenvalue weighted by molar-refractivity contribution is 5.95. The molecular formula is C23H21F3N4O2. The van der Waals surface area contributed by atoms with Gasteiger partial charge >= 0.3 is 0 Å². The SMILES string of the molecule is O=C(c1cc(Cc2n[nH]c(=O)c3ccccc23)ccc1F)N1CC2CN(C(F)F)CC2C1. The fourth-order valence-electron chi connectivity index (χ4n) is 4.87. The van der Waals surface area contributed by atoms with Gasteiger partial charge in [0.15, 0.2) is 0 Å². The number of carbonyl (C=O) groups excluding carboxylic acids is 1. The van der Waals surface area contributed by atoms with Gasteiger partial charge in [-0.1, -0.05) is 24.3 Å². The Bertz CT molecular complexity index is 1230. The van der Waals surface area contributed by atoms with Gasteiger partial charge in [0.1, 0.15) is 5.82 Å². The van der Waals surface area contributed by atoms with Crippen molar-refractivity contribution >= 4 is 16.7 Å². The van der Waals surface area contributed by atoms with E-state index < -0.39 is 18.3 Å². The van der Waals surface area contributed by atoms with Gasteiger partial charge in [-0.05, 0) is 35.6 Å². The second-order valence-electron chi connectivity index (χ2n) is 8.50. The molecule has 5 rings (SSSR count). The van der Waals surface area contributed by atoms with Gasteiger partial charge in [0, 0.05) is 38.0 Å². The summed E-state index contributed by atoms with van der Waals surface area (Å²) in [4.78, 5) is 27.7. The van der Waals surface area contributed by atoms with Crippen molar-refractivity contribution in [3.05, 3.63) is 75.5 Å². The molecule has 0 saturated carbocycles. The quantitative estimate of drug-likeness (QED) is 0.631. The Morgan fingerprint density at radius 1 is 1.06 bits per heavy atom. The first-order valence-electron chi connectivity index (χ1n) is 10.5. The smallest absolute Gasteiger partial charge is 0.294 e. The van der Waals surface area contributed by atoms with E-state index in [9.17, 15) is 22.8 Å². The van der Waals surface area contributed by atoms with Crippen molar-refractivity contribution in [1.82, 2.24) is 20.0 Å². The number of nitrogens with zero attached hydrogens (tertiary/aromatic N) is 3. The van der Waals surface area contributed by atoms with Gasteiger partial charge in [0.25, 0.3) is 18.0 Å². The summed E-state index contributed by atoms with van der Waals surface area (Å²) >= 11 is 0. The molecule has 2 unspecified atom stereocenters. The van der Waals surface area contributed by atoms with E-state index in [0.29, 0.717) is 41.5 Å². The maximum Gasteiger partial charge on any atom is 0.294 e. The second kappa shape index (κ2) is 8.05. The number of H-pyrrole nitrogens is 1. The lowest BCUT2D eigenvalue weighted by atomic mass is 10.0. The Hall–Kier alpha value is -3.20. The highest BCUT2D eigenvalue weighted by Gasteiger charge is 2.44. The molecule has 9 heteroatoms. The summed E-state index contributed by atoms with van der Waals surface area (Å²) in [5, 5.41) is 7.83. The van der Waals surface area contributed by atoms with Crippen LogP contribution >= 0.6 is 0 Å². The van der Waals surface area contributed by atoms with E-state index in [0.717, 1.165) is 4.90 Å². The van der Waals surface area contributed by atoms with E-state index in [1.165, 1.54) is 12.1 Å². The number of rotatable bonds is 4. The van der Waals surface area contributed by atoms with Crippen molar-refractivity contribution in [1.29, 1.82) is 0 Å². The van der Waals surface area contributed by atoms with E-state index >= 15 is 0 Å². The number of carbonyl (C=O) groups is 1. The lowest BCUT2D eigenvalue weighted by Gasteiger charge is -2.21. The van der Waals surface area contributed by atoms with E-state index in [-0.39, 0.29) is 36.0 Å². The molecule has 2 aliphatic rings. The molecule has 2 atom stereocenters. The van der Waals surface area contributed by atoms with Crippen LogP contribution in [-0.2, 0) is 6.42 Å². The van der Waals surface area contributed by atoms with Crippen LogP contribution < -0.4 is 5.56 Å². The molecule has 6 nitrogen and oxygen atoms in total. The van der Waals surface area contributed by atoms with Crippen LogP contribution in [0.25, 0.3) is 10.8 Å². The zero-order valence-corrected chi connectivity index (χ0v) is 17.1. The van der Waals surface area contributed by atoms with Crippen LogP contribution in [0.15, 0.2) is 47.3 Å². The predicted molar refractivity (Wildman–Crippen MR) is 112 cm³/mol. The second-order valence-corrected chi connectivity index (χ2v) is 8.50. The number of nitrogens with one attached hydrogen (secondary N) is 1. The first kappa shape index (κ1) is 20.7. The third kappa shape index (κ3) is 3.66. The number of fused-ring (bicyclic) bond motifs is 2. The molecule has 1 amide bonds. The molecule has 2 aromatic carbocycles. The lowest BCUT2D eigenvalue weighted by molar-refractivity contribution is -0.0172. The number of halogens is 3. The normalized spacial score (nSPS) is 20.9. The molecule has 0 spiro atoms. The van der Waals surface area contributed by atoms with Crippen molar-refractivity contribution in [2.24, 2.45) is 11.8 Å². The van der Waals surface area contributed by atoms with Gasteiger partial charge in [-0.3, -0.25) is 9.59 Å². The molecule has 1 aromatic heterocycles. The van der Waals surface area contributed by atoms with E-state index in [1.807, 2.05) is 6.07 Å². The van der Waals surface area contributed by atoms with Gasteiger partial charge < -0.3 is 4.90 Å². The molecular weight excluding hydrogens is 421 g/mol. The number of amides is 1. The molecule has 166 valence electrons. The summed E-state index contributed by atoms with van der Waals surface area (Å²) in [5.74, 6) is -1.09. The third-order valence-electron chi connectivity index (χ3n) is 6.49. The topological polar surface area (TPSA) is 69.3 Å². The maximum absolute atomic E-state index is 14.6. The maximum atomic E-state index is 14.6. The van der Waals surface area contributed by atoms with Crippen LogP contribution in [0, 0.1) is 17.7 Å². The number of likely N-dealkylation sites (tertiary alicyclic amines) is 2. The third-order valence-corrected chi connectivity index (χ3v) is 6.49. The largest absolute Gasteiger partial charge is 0.338 e. The number of hydrogen-bond acceptors (Lipinski definition) is 4. The van der Waals surface area contributed by atoms with Crippen molar-refractivity contribution in [2.75, 3.05) is 26.2 Å². The number of aromatic amines is 1. The molecule has 2 saturated heterocycles. The van der Waals surface area contributed by atoms with Gasteiger partial charge in [0.2, 0.25) is 0 Å². The van der Waals surface area contributed by atoms with Crippen LogP contribution in [0.1, 0.15) is 21.6 Å². The van der Waals surface area contributed by atoms with Crippen molar-refractivity contribution in [3.63, 3.8) is 0 Å². The van der Waals surface area contributed by atoms with Gasteiger partial charge in [0.05, 0.1) is 16.6 Å². The Morgan fingerprint density at radius 2 is 1.75 bits per heavy atom. The molecule has 0 radical (unpaired) electrons. The molecule has 2 aliphatic heterocycles. The zero-order chi connectivity index (χ0) is 22.4. The molecule has 3 heterocycles. The van der Waals surface area contributed by atoms with Gasteiger partial charge in [-0.15, -0.1) is 0 Å². The van der Waals surface area contributed by atoms with Crippen LogP contribution in [0.4, 0.5) is 13.2 Å². The summed E-state index contributed by atoms with van der Waals surface area (Å²) in [6.07, 6.45) is 0.312. The highest BCUT2D eigenvalue weighted by Crippen LogP contribution is 2.33. The minimum atomic E-state index is -2.49. The summed E-state index contributed by atoms with van der Waals surface area (Å²) in [5.41, 5.74) is 0.974. The van der Waals surface area contributed by atoms with Crippen molar-refractivity contribution < 1.29 is 18.0 Å². The zero-order valence-electron chi connectivity index (χ0n) is 17.1. The van der Waals surface area contributed by atoms with Crippen molar-refractivity contribution in [3.8, 4) is 0 Å². The van der Waals surface area contributed by atoms with Gasteiger partial charge in [-0.2, -0.15) is 13.9 Å². The molecule has 3 aromatic rings. The Labute approximate surface area is 181 Å². The van der Waals surface area contributed by atoms with Crippen LogP contribution in [0.3, 0.4) is 0 Å². The van der Waals surface area contributed by atoms with Gasteiger partial charge in [-0.25, -0.2) is 14.4 Å².